The average molecular weight is 301 g/mol. The summed E-state index contributed by atoms with van der Waals surface area (Å²) in [4.78, 5) is 0. The Balaban J connectivity index is 2.41. The van der Waals surface area contributed by atoms with Crippen molar-refractivity contribution in [1.82, 2.24) is 5.32 Å². The monoisotopic (exact) mass is 301 g/mol. The lowest BCUT2D eigenvalue weighted by Gasteiger charge is -2.19. The van der Waals surface area contributed by atoms with Crippen molar-refractivity contribution in [3.8, 4) is 0 Å². The van der Waals surface area contributed by atoms with Gasteiger partial charge in [0.2, 0.25) is 0 Å². The quantitative estimate of drug-likeness (QED) is 0.674. The van der Waals surface area contributed by atoms with Crippen molar-refractivity contribution < 1.29 is 13.2 Å². The van der Waals surface area contributed by atoms with Gasteiger partial charge in [0.15, 0.2) is 0 Å². The van der Waals surface area contributed by atoms with Crippen molar-refractivity contribution in [3.63, 3.8) is 0 Å². The molecule has 0 fully saturated rings. The number of hydrogen-bond donors (Lipinski definition) is 1. The standard InChI is InChI=1S/C17H26F3N/c1-3-12-21-16(8-5-11-17(18,19)20)10-9-15-7-4-6-14(2)13-15/h4,6-7,13,16,21H,3,5,8-12H2,1-2H3. The van der Waals surface area contributed by atoms with Crippen LogP contribution in [0.1, 0.15) is 50.2 Å². The molecule has 1 aromatic rings. The highest BCUT2D eigenvalue weighted by molar-refractivity contribution is 5.22. The van der Waals surface area contributed by atoms with E-state index in [0.29, 0.717) is 6.42 Å². The molecular weight excluding hydrogens is 275 g/mol. The summed E-state index contributed by atoms with van der Waals surface area (Å²) in [6.45, 7) is 4.99. The van der Waals surface area contributed by atoms with Crippen LogP contribution in [0.4, 0.5) is 13.2 Å². The maximum absolute atomic E-state index is 12.2. The topological polar surface area (TPSA) is 12.0 Å². The summed E-state index contributed by atoms with van der Waals surface area (Å²) in [6, 6.07) is 8.49. The maximum Gasteiger partial charge on any atom is 0.389 e. The molecule has 0 amide bonds. The van der Waals surface area contributed by atoms with E-state index in [1.807, 2.05) is 6.07 Å². The minimum Gasteiger partial charge on any atom is -0.314 e. The Labute approximate surface area is 125 Å². The number of aryl methyl sites for hydroxylation is 2. The van der Waals surface area contributed by atoms with Crippen molar-refractivity contribution in [2.45, 2.75) is 64.6 Å². The molecule has 1 rings (SSSR count). The van der Waals surface area contributed by atoms with E-state index in [0.717, 1.165) is 25.8 Å². The molecule has 0 aliphatic carbocycles. The predicted octanol–water partition coefficient (Wildman–Crippen LogP) is 5.03. The summed E-state index contributed by atoms with van der Waals surface area (Å²) in [5.41, 5.74) is 2.48. The first-order chi connectivity index (χ1) is 9.90. The van der Waals surface area contributed by atoms with Gasteiger partial charge in [-0.1, -0.05) is 36.8 Å². The first kappa shape index (κ1) is 18.0. The third kappa shape index (κ3) is 8.76. The van der Waals surface area contributed by atoms with Crippen LogP contribution in [-0.4, -0.2) is 18.8 Å². The highest BCUT2D eigenvalue weighted by atomic mass is 19.4. The van der Waals surface area contributed by atoms with E-state index in [1.54, 1.807) is 0 Å². The highest BCUT2D eigenvalue weighted by Crippen LogP contribution is 2.23. The molecule has 0 heterocycles. The van der Waals surface area contributed by atoms with Gasteiger partial charge >= 0.3 is 6.18 Å². The molecule has 1 N–H and O–H groups in total. The van der Waals surface area contributed by atoms with Crippen molar-refractivity contribution in [2.24, 2.45) is 0 Å². The molecule has 0 aromatic heterocycles. The highest BCUT2D eigenvalue weighted by Gasteiger charge is 2.26. The Bertz CT molecular complexity index is 401. The third-order valence-electron chi connectivity index (χ3n) is 3.56. The zero-order chi connectivity index (χ0) is 15.7. The molecule has 4 heteroatoms. The van der Waals surface area contributed by atoms with Crippen LogP contribution >= 0.6 is 0 Å². The zero-order valence-corrected chi connectivity index (χ0v) is 13.0. The number of hydrogen-bond acceptors (Lipinski definition) is 1. The van der Waals surface area contributed by atoms with E-state index >= 15 is 0 Å². The molecule has 1 atom stereocenters. The van der Waals surface area contributed by atoms with Gasteiger partial charge < -0.3 is 5.32 Å². The number of rotatable bonds is 9. The van der Waals surface area contributed by atoms with Crippen LogP contribution in [0.15, 0.2) is 24.3 Å². The lowest BCUT2D eigenvalue weighted by molar-refractivity contribution is -0.135. The third-order valence-corrected chi connectivity index (χ3v) is 3.56. The molecule has 120 valence electrons. The molecule has 21 heavy (non-hydrogen) atoms. The second kappa shape index (κ2) is 9.08. The summed E-state index contributed by atoms with van der Waals surface area (Å²) in [5.74, 6) is 0. The fourth-order valence-corrected chi connectivity index (χ4v) is 2.45. The van der Waals surface area contributed by atoms with Crippen LogP contribution in [0.5, 0.6) is 0 Å². The lowest BCUT2D eigenvalue weighted by Crippen LogP contribution is -2.30. The van der Waals surface area contributed by atoms with Gasteiger partial charge in [-0.05, 0) is 51.1 Å². The average Bonchev–Trinajstić information content (AvgIpc) is 2.40. The summed E-state index contributed by atoms with van der Waals surface area (Å²) in [6.07, 6.45) is -1.12. The smallest absolute Gasteiger partial charge is 0.314 e. The first-order valence-electron chi connectivity index (χ1n) is 7.76. The van der Waals surface area contributed by atoms with Crippen LogP contribution in [-0.2, 0) is 6.42 Å². The van der Waals surface area contributed by atoms with Gasteiger partial charge in [0.25, 0.3) is 0 Å². The van der Waals surface area contributed by atoms with E-state index in [9.17, 15) is 13.2 Å². The molecular formula is C17H26F3N. The Morgan fingerprint density at radius 1 is 1.19 bits per heavy atom. The Morgan fingerprint density at radius 3 is 2.57 bits per heavy atom. The Kier molecular flexibility index (Phi) is 7.79. The van der Waals surface area contributed by atoms with Gasteiger partial charge in [0, 0.05) is 12.5 Å². The molecule has 0 spiro atoms. The van der Waals surface area contributed by atoms with Crippen molar-refractivity contribution >= 4 is 0 Å². The van der Waals surface area contributed by atoms with Gasteiger partial charge in [-0.2, -0.15) is 13.2 Å². The minimum absolute atomic E-state index is 0.174. The van der Waals surface area contributed by atoms with Gasteiger partial charge in [-0.15, -0.1) is 0 Å². The maximum atomic E-state index is 12.2. The van der Waals surface area contributed by atoms with E-state index in [2.05, 4.69) is 37.4 Å². The van der Waals surface area contributed by atoms with Crippen LogP contribution in [0, 0.1) is 6.92 Å². The molecule has 1 aromatic carbocycles. The van der Waals surface area contributed by atoms with E-state index < -0.39 is 12.6 Å². The lowest BCUT2D eigenvalue weighted by atomic mass is 9.99. The first-order valence-corrected chi connectivity index (χ1v) is 7.76. The predicted molar refractivity (Wildman–Crippen MR) is 81.5 cm³/mol. The largest absolute Gasteiger partial charge is 0.389 e. The minimum atomic E-state index is -4.04. The summed E-state index contributed by atoms with van der Waals surface area (Å²) < 4.78 is 36.7. The Hall–Kier alpha value is -1.03. The van der Waals surface area contributed by atoms with Gasteiger partial charge in [-0.25, -0.2) is 0 Å². The number of halogens is 3. The van der Waals surface area contributed by atoms with Crippen molar-refractivity contribution in [3.05, 3.63) is 35.4 Å². The zero-order valence-electron chi connectivity index (χ0n) is 13.0. The fraction of sp³-hybridized carbons (Fsp3) is 0.647. The van der Waals surface area contributed by atoms with E-state index in [4.69, 9.17) is 0 Å². The van der Waals surface area contributed by atoms with Gasteiger partial charge in [-0.3, -0.25) is 0 Å². The molecule has 0 saturated carbocycles. The fourth-order valence-electron chi connectivity index (χ4n) is 2.45. The summed E-state index contributed by atoms with van der Waals surface area (Å²) >= 11 is 0. The molecule has 0 bridgehead atoms. The van der Waals surface area contributed by atoms with Crippen molar-refractivity contribution in [1.29, 1.82) is 0 Å². The summed E-state index contributed by atoms with van der Waals surface area (Å²) in [7, 11) is 0. The van der Waals surface area contributed by atoms with Crippen molar-refractivity contribution in [2.75, 3.05) is 6.54 Å². The molecule has 1 nitrogen and oxygen atoms in total. The molecule has 0 radical (unpaired) electrons. The number of alkyl halides is 3. The van der Waals surface area contributed by atoms with Crippen LogP contribution in [0.3, 0.4) is 0 Å². The molecule has 0 aliphatic heterocycles. The number of nitrogens with one attached hydrogen (secondary N) is 1. The SMILES string of the molecule is CCCNC(CCCC(F)(F)F)CCc1cccc(C)c1. The molecule has 0 saturated heterocycles. The molecule has 0 aliphatic rings. The molecule has 1 unspecified atom stereocenters. The number of benzene rings is 1. The van der Waals surface area contributed by atoms with E-state index in [1.165, 1.54) is 11.1 Å². The summed E-state index contributed by atoms with van der Waals surface area (Å²) in [5, 5.41) is 3.37. The van der Waals surface area contributed by atoms with Crippen LogP contribution in [0.2, 0.25) is 0 Å². The van der Waals surface area contributed by atoms with Gasteiger partial charge in [0.1, 0.15) is 0 Å². The van der Waals surface area contributed by atoms with Gasteiger partial charge in [0.05, 0.1) is 0 Å². The van der Waals surface area contributed by atoms with Crippen LogP contribution in [0.25, 0.3) is 0 Å². The second-order valence-corrected chi connectivity index (χ2v) is 5.69. The van der Waals surface area contributed by atoms with E-state index in [-0.39, 0.29) is 12.5 Å². The Morgan fingerprint density at radius 2 is 1.95 bits per heavy atom. The normalized spacial score (nSPS) is 13.4. The second-order valence-electron chi connectivity index (χ2n) is 5.69. The van der Waals surface area contributed by atoms with Crippen LogP contribution < -0.4 is 5.32 Å².